The van der Waals surface area contributed by atoms with Gasteiger partial charge in [-0.15, -0.1) is 0 Å². The first-order chi connectivity index (χ1) is 8.76. The molecule has 0 aromatic heterocycles. The number of hydrogen-bond acceptors (Lipinski definition) is 3. The van der Waals surface area contributed by atoms with E-state index in [1.165, 1.54) is 12.1 Å². The van der Waals surface area contributed by atoms with Crippen LogP contribution in [0.25, 0.3) is 0 Å². The van der Waals surface area contributed by atoms with Gasteiger partial charge in [0.05, 0.1) is 0 Å². The van der Waals surface area contributed by atoms with E-state index in [0.717, 1.165) is 37.9 Å². The first kappa shape index (κ1) is 13.0. The van der Waals surface area contributed by atoms with E-state index in [4.69, 9.17) is 5.11 Å². The molecule has 0 aliphatic carbocycles. The van der Waals surface area contributed by atoms with Gasteiger partial charge in [0.2, 0.25) is 0 Å². The average molecular weight is 251 g/mol. The molecule has 0 amide bonds. The van der Waals surface area contributed by atoms with Gasteiger partial charge in [-0.25, -0.2) is 4.39 Å². The molecule has 2 rings (SSSR count). The molecule has 18 heavy (non-hydrogen) atoms. The van der Waals surface area contributed by atoms with Crippen LogP contribution in [0.4, 0.5) is 10.1 Å². The maximum Gasteiger partial charge on any atom is 0.152 e. The van der Waals surface area contributed by atoms with Crippen LogP contribution in [-0.4, -0.2) is 30.6 Å². The molecule has 0 radical (unpaired) electrons. The number of aliphatic hydroxyl groups excluding tert-OH is 1. The summed E-state index contributed by atoms with van der Waals surface area (Å²) < 4.78 is 13.1. The molecule has 1 aliphatic rings. The molecular formula is C14H18FNO2. The van der Waals surface area contributed by atoms with Crippen molar-refractivity contribution in [3.63, 3.8) is 0 Å². The lowest BCUT2D eigenvalue weighted by Crippen LogP contribution is -2.30. The van der Waals surface area contributed by atoms with Gasteiger partial charge in [0.1, 0.15) is 5.82 Å². The predicted octanol–water partition coefficient (Wildman–Crippen LogP) is 2.38. The Hall–Kier alpha value is -1.42. The van der Waals surface area contributed by atoms with Crippen LogP contribution in [0.15, 0.2) is 18.2 Å². The second-order valence-electron chi connectivity index (χ2n) is 4.68. The molecule has 1 unspecified atom stereocenters. The standard InChI is InChI=1S/C14H18FNO2/c15-12-5-6-14(11(9-12)10-18)16-7-1-3-13(16)4-2-8-17/h5-6,9-10,13,17H,1-4,7-8H2. The first-order valence-corrected chi connectivity index (χ1v) is 6.38. The highest BCUT2D eigenvalue weighted by Crippen LogP contribution is 2.30. The maximum atomic E-state index is 13.1. The molecule has 0 saturated carbocycles. The van der Waals surface area contributed by atoms with Gasteiger partial charge >= 0.3 is 0 Å². The van der Waals surface area contributed by atoms with Gasteiger partial charge in [-0.2, -0.15) is 0 Å². The third-order valence-corrected chi connectivity index (χ3v) is 3.50. The lowest BCUT2D eigenvalue weighted by Gasteiger charge is -2.28. The van der Waals surface area contributed by atoms with Gasteiger partial charge in [-0.05, 0) is 43.9 Å². The Kier molecular flexibility index (Phi) is 4.31. The normalized spacial score (nSPS) is 19.2. The molecule has 1 saturated heterocycles. The van der Waals surface area contributed by atoms with E-state index >= 15 is 0 Å². The van der Waals surface area contributed by atoms with Crippen LogP contribution in [0.2, 0.25) is 0 Å². The average Bonchev–Trinajstić information content (AvgIpc) is 2.84. The summed E-state index contributed by atoms with van der Waals surface area (Å²) >= 11 is 0. The van der Waals surface area contributed by atoms with Gasteiger partial charge in [0, 0.05) is 30.4 Å². The number of benzene rings is 1. The smallest absolute Gasteiger partial charge is 0.152 e. The number of aliphatic hydroxyl groups is 1. The van der Waals surface area contributed by atoms with E-state index in [1.807, 2.05) is 0 Å². The van der Waals surface area contributed by atoms with Gasteiger partial charge in [0.15, 0.2) is 6.29 Å². The number of rotatable bonds is 5. The van der Waals surface area contributed by atoms with E-state index in [0.29, 0.717) is 17.9 Å². The van der Waals surface area contributed by atoms with E-state index < -0.39 is 0 Å². The van der Waals surface area contributed by atoms with Crippen molar-refractivity contribution in [2.24, 2.45) is 0 Å². The van der Waals surface area contributed by atoms with Gasteiger partial charge < -0.3 is 10.0 Å². The topological polar surface area (TPSA) is 40.5 Å². The highest BCUT2D eigenvalue weighted by atomic mass is 19.1. The van der Waals surface area contributed by atoms with Crippen molar-refractivity contribution in [1.29, 1.82) is 0 Å². The van der Waals surface area contributed by atoms with E-state index in [2.05, 4.69) is 4.90 Å². The lowest BCUT2D eigenvalue weighted by atomic mass is 10.1. The zero-order chi connectivity index (χ0) is 13.0. The number of anilines is 1. The number of hydrogen-bond donors (Lipinski definition) is 1. The largest absolute Gasteiger partial charge is 0.396 e. The first-order valence-electron chi connectivity index (χ1n) is 6.38. The fourth-order valence-corrected chi connectivity index (χ4v) is 2.66. The molecule has 1 fully saturated rings. The number of nitrogens with zero attached hydrogens (tertiary/aromatic N) is 1. The molecule has 0 spiro atoms. The second kappa shape index (κ2) is 5.96. The minimum Gasteiger partial charge on any atom is -0.396 e. The quantitative estimate of drug-likeness (QED) is 0.817. The van der Waals surface area contributed by atoms with E-state index in [-0.39, 0.29) is 12.4 Å². The van der Waals surface area contributed by atoms with Crippen LogP contribution in [0.5, 0.6) is 0 Å². The van der Waals surface area contributed by atoms with Crippen molar-refractivity contribution in [1.82, 2.24) is 0 Å². The molecule has 4 heteroatoms. The van der Waals surface area contributed by atoms with Crippen LogP contribution in [0.1, 0.15) is 36.0 Å². The fraction of sp³-hybridized carbons (Fsp3) is 0.500. The Morgan fingerprint density at radius 2 is 2.33 bits per heavy atom. The minimum atomic E-state index is -0.382. The highest BCUT2D eigenvalue weighted by molar-refractivity contribution is 5.84. The Bertz CT molecular complexity index is 422. The molecule has 1 atom stereocenters. The monoisotopic (exact) mass is 251 g/mol. The predicted molar refractivity (Wildman–Crippen MR) is 68.5 cm³/mol. The number of halogens is 1. The minimum absolute atomic E-state index is 0.189. The van der Waals surface area contributed by atoms with Crippen molar-refractivity contribution in [2.75, 3.05) is 18.1 Å². The number of aldehydes is 1. The number of carbonyl (C=O) groups is 1. The van der Waals surface area contributed by atoms with Gasteiger partial charge in [-0.3, -0.25) is 4.79 Å². The summed E-state index contributed by atoms with van der Waals surface area (Å²) in [5.74, 6) is -0.382. The SMILES string of the molecule is O=Cc1cc(F)ccc1N1CCCC1CCCO. The summed E-state index contributed by atoms with van der Waals surface area (Å²) in [6, 6.07) is 4.70. The molecule has 98 valence electrons. The van der Waals surface area contributed by atoms with E-state index in [1.54, 1.807) is 6.07 Å². The van der Waals surface area contributed by atoms with Crippen molar-refractivity contribution >= 4 is 12.0 Å². The summed E-state index contributed by atoms with van der Waals surface area (Å²) in [5, 5.41) is 8.90. The molecule has 0 bridgehead atoms. The Labute approximate surface area is 106 Å². The third kappa shape index (κ3) is 2.70. The zero-order valence-electron chi connectivity index (χ0n) is 10.3. The molecule has 1 heterocycles. The summed E-state index contributed by atoms with van der Waals surface area (Å²) in [6.07, 6.45) is 4.52. The van der Waals surface area contributed by atoms with Crippen molar-refractivity contribution in [3.05, 3.63) is 29.6 Å². The number of carbonyl (C=O) groups excluding carboxylic acids is 1. The van der Waals surface area contributed by atoms with Crippen LogP contribution in [0.3, 0.4) is 0 Å². The Balaban J connectivity index is 2.21. The van der Waals surface area contributed by atoms with Crippen LogP contribution < -0.4 is 4.90 Å². The molecule has 1 aromatic rings. The van der Waals surface area contributed by atoms with Crippen molar-refractivity contribution in [2.45, 2.75) is 31.7 Å². The summed E-state index contributed by atoms with van der Waals surface area (Å²) in [6.45, 7) is 1.08. The molecular weight excluding hydrogens is 233 g/mol. The van der Waals surface area contributed by atoms with Crippen LogP contribution in [-0.2, 0) is 0 Å². The lowest BCUT2D eigenvalue weighted by molar-refractivity contribution is 0.112. The molecule has 1 N–H and O–H groups in total. The third-order valence-electron chi connectivity index (χ3n) is 3.50. The van der Waals surface area contributed by atoms with Gasteiger partial charge in [-0.1, -0.05) is 0 Å². The Morgan fingerprint density at radius 3 is 3.06 bits per heavy atom. The summed E-state index contributed by atoms with van der Waals surface area (Å²) in [5.41, 5.74) is 1.22. The Morgan fingerprint density at radius 1 is 1.50 bits per heavy atom. The molecule has 3 nitrogen and oxygen atoms in total. The second-order valence-corrected chi connectivity index (χ2v) is 4.68. The molecule has 1 aliphatic heterocycles. The van der Waals surface area contributed by atoms with E-state index in [9.17, 15) is 9.18 Å². The van der Waals surface area contributed by atoms with Crippen LogP contribution >= 0.6 is 0 Å². The fourth-order valence-electron chi connectivity index (χ4n) is 2.66. The summed E-state index contributed by atoms with van der Waals surface area (Å²) in [4.78, 5) is 13.2. The maximum absolute atomic E-state index is 13.1. The van der Waals surface area contributed by atoms with Gasteiger partial charge in [0.25, 0.3) is 0 Å². The van der Waals surface area contributed by atoms with Crippen molar-refractivity contribution < 1.29 is 14.3 Å². The summed E-state index contributed by atoms with van der Waals surface area (Å²) in [7, 11) is 0. The van der Waals surface area contributed by atoms with Crippen molar-refractivity contribution in [3.8, 4) is 0 Å². The zero-order valence-corrected chi connectivity index (χ0v) is 10.3. The molecule has 1 aromatic carbocycles. The van der Waals surface area contributed by atoms with Crippen LogP contribution in [0, 0.1) is 5.82 Å². The highest BCUT2D eigenvalue weighted by Gasteiger charge is 2.25.